The summed E-state index contributed by atoms with van der Waals surface area (Å²) in [5.74, 6) is -1.18. The summed E-state index contributed by atoms with van der Waals surface area (Å²) in [7, 11) is 0. The molecule has 0 radical (unpaired) electrons. The Morgan fingerprint density at radius 1 is 1.44 bits per heavy atom. The van der Waals surface area contributed by atoms with Crippen molar-refractivity contribution in [3.05, 3.63) is 0 Å². The highest BCUT2D eigenvalue weighted by atomic mass is 16.8. The molecule has 0 atom stereocenters. The van der Waals surface area contributed by atoms with Crippen LogP contribution in [0.15, 0.2) is 0 Å². The Morgan fingerprint density at radius 3 is 2.33 bits per heavy atom. The van der Waals surface area contributed by atoms with E-state index in [1.54, 1.807) is 5.48 Å². The van der Waals surface area contributed by atoms with E-state index in [0.29, 0.717) is 0 Å². The van der Waals surface area contributed by atoms with Gasteiger partial charge in [0.25, 0.3) is 0 Å². The van der Waals surface area contributed by atoms with Crippen molar-refractivity contribution >= 4 is 12.1 Å². The molecule has 6 heteroatoms. The van der Waals surface area contributed by atoms with Crippen LogP contribution in [0, 0.1) is 0 Å². The molecule has 0 aliphatic rings. The van der Waals surface area contributed by atoms with E-state index in [9.17, 15) is 9.59 Å². The maximum absolute atomic E-state index is 9.65. The number of hydrogen-bond donors (Lipinski definition) is 3. The summed E-state index contributed by atoms with van der Waals surface area (Å²) in [5.41, 5.74) is 1.69. The van der Waals surface area contributed by atoms with Gasteiger partial charge in [-0.25, -0.2) is 4.79 Å². The molecule has 0 saturated heterocycles. The fourth-order valence-corrected chi connectivity index (χ4v) is 0.160. The predicted octanol–water partition coefficient (Wildman–Crippen LogP) is -0.730. The normalized spacial score (nSPS) is 8.44. The van der Waals surface area contributed by atoms with Crippen molar-refractivity contribution in [1.82, 2.24) is 5.48 Å². The van der Waals surface area contributed by atoms with Crippen molar-refractivity contribution in [2.24, 2.45) is 0 Å². The number of carbonyl (C=O) groups is 2. The molecular formula is C3H5NO5. The van der Waals surface area contributed by atoms with Crippen molar-refractivity contribution in [3.8, 4) is 0 Å². The minimum Gasteiger partial charge on any atom is -0.480 e. The highest BCUT2D eigenvalue weighted by molar-refractivity contribution is 5.69. The third-order valence-corrected chi connectivity index (χ3v) is 0.383. The van der Waals surface area contributed by atoms with E-state index in [1.165, 1.54) is 0 Å². The molecule has 52 valence electrons. The third kappa shape index (κ3) is 6.70. The second kappa shape index (κ2) is 3.67. The van der Waals surface area contributed by atoms with Gasteiger partial charge in [0.2, 0.25) is 0 Å². The van der Waals surface area contributed by atoms with Gasteiger partial charge in [-0.3, -0.25) is 4.79 Å². The quantitative estimate of drug-likeness (QED) is 0.441. The highest BCUT2D eigenvalue weighted by Crippen LogP contribution is 1.67. The lowest BCUT2D eigenvalue weighted by atomic mass is 10.7. The van der Waals surface area contributed by atoms with E-state index < -0.39 is 18.7 Å². The summed E-state index contributed by atoms with van der Waals surface area (Å²) in [6.45, 7) is -0.535. The molecule has 0 aliphatic heterocycles. The Hall–Kier alpha value is -1.30. The number of nitrogens with one attached hydrogen (secondary N) is 1. The van der Waals surface area contributed by atoms with E-state index in [-0.39, 0.29) is 0 Å². The number of aliphatic carboxylic acids is 1. The van der Waals surface area contributed by atoms with Gasteiger partial charge >= 0.3 is 12.1 Å². The Kier molecular flexibility index (Phi) is 3.14. The minimum atomic E-state index is -1.56. The first-order valence-electron chi connectivity index (χ1n) is 1.97. The molecular weight excluding hydrogens is 130 g/mol. The molecule has 3 N–H and O–H groups in total. The molecule has 0 rings (SSSR count). The summed E-state index contributed by atoms with van der Waals surface area (Å²) in [5, 5.41) is 15.6. The molecule has 6 nitrogen and oxygen atoms in total. The van der Waals surface area contributed by atoms with Crippen LogP contribution in [0.5, 0.6) is 0 Å². The van der Waals surface area contributed by atoms with Crippen LogP contribution in [-0.4, -0.2) is 28.9 Å². The lowest BCUT2D eigenvalue weighted by Crippen LogP contribution is -2.25. The Bertz CT molecular complexity index is 107. The largest absolute Gasteiger partial charge is 0.525 e. The molecule has 0 aromatic rings. The molecule has 0 unspecified atom stereocenters. The van der Waals surface area contributed by atoms with Gasteiger partial charge in [-0.15, -0.1) is 5.48 Å². The first-order chi connectivity index (χ1) is 4.13. The maximum Gasteiger partial charge on any atom is 0.525 e. The van der Waals surface area contributed by atoms with Gasteiger partial charge < -0.3 is 15.1 Å². The van der Waals surface area contributed by atoms with Crippen LogP contribution in [0.1, 0.15) is 0 Å². The number of hydrogen-bond acceptors (Lipinski definition) is 4. The lowest BCUT2D eigenvalue weighted by molar-refractivity contribution is -0.137. The average molecular weight is 135 g/mol. The summed E-state index contributed by atoms with van der Waals surface area (Å²) >= 11 is 0. The van der Waals surface area contributed by atoms with Crippen LogP contribution in [0.4, 0.5) is 4.79 Å². The number of rotatable bonds is 3. The molecule has 0 spiro atoms. The van der Waals surface area contributed by atoms with Gasteiger partial charge in [0.05, 0.1) is 0 Å². The zero-order valence-corrected chi connectivity index (χ0v) is 4.33. The van der Waals surface area contributed by atoms with Crippen molar-refractivity contribution in [2.45, 2.75) is 0 Å². The number of carboxylic acids is 1. The van der Waals surface area contributed by atoms with Gasteiger partial charge in [-0.2, -0.15) is 0 Å². The number of hydroxylamine groups is 1. The van der Waals surface area contributed by atoms with Gasteiger partial charge in [0.15, 0.2) is 0 Å². The molecule has 0 amide bonds. The van der Waals surface area contributed by atoms with Gasteiger partial charge in [-0.05, 0) is 0 Å². The molecule has 0 heterocycles. The van der Waals surface area contributed by atoms with E-state index in [4.69, 9.17) is 10.2 Å². The van der Waals surface area contributed by atoms with Crippen molar-refractivity contribution in [1.29, 1.82) is 0 Å². The van der Waals surface area contributed by atoms with E-state index in [1.807, 2.05) is 0 Å². The lowest BCUT2D eigenvalue weighted by Gasteiger charge is -1.95. The van der Waals surface area contributed by atoms with Gasteiger partial charge in [0.1, 0.15) is 6.54 Å². The topological polar surface area (TPSA) is 95.9 Å². The predicted molar refractivity (Wildman–Crippen MR) is 24.7 cm³/mol. The minimum absolute atomic E-state index is 0.535. The maximum atomic E-state index is 9.65. The van der Waals surface area contributed by atoms with Crippen molar-refractivity contribution in [2.75, 3.05) is 6.54 Å². The molecule has 0 bridgehead atoms. The first kappa shape index (κ1) is 7.70. The van der Waals surface area contributed by atoms with E-state index in [2.05, 4.69) is 4.84 Å². The summed E-state index contributed by atoms with van der Waals surface area (Å²) in [6.07, 6.45) is -1.56. The standard InChI is InChI=1S/C3H5NO5/c5-2(6)1-4-9-3(7)8/h4H,1H2,(H,5,6)(H,7,8). The third-order valence-electron chi connectivity index (χ3n) is 0.383. The molecule has 0 aliphatic carbocycles. The highest BCUT2D eigenvalue weighted by Gasteiger charge is 1.97. The zero-order valence-electron chi connectivity index (χ0n) is 4.33. The SMILES string of the molecule is O=C(O)CNOC(=O)O. The molecule has 0 aromatic heterocycles. The monoisotopic (exact) mass is 135 g/mol. The van der Waals surface area contributed by atoms with Crippen LogP contribution in [-0.2, 0) is 9.63 Å². The van der Waals surface area contributed by atoms with Crippen LogP contribution in [0.3, 0.4) is 0 Å². The molecule has 0 aromatic carbocycles. The fraction of sp³-hybridized carbons (Fsp3) is 0.333. The Balaban J connectivity index is 3.10. The Labute approximate surface area is 50.0 Å². The van der Waals surface area contributed by atoms with E-state index in [0.717, 1.165) is 0 Å². The fourth-order valence-electron chi connectivity index (χ4n) is 0.160. The molecule has 9 heavy (non-hydrogen) atoms. The van der Waals surface area contributed by atoms with Gasteiger partial charge in [-0.1, -0.05) is 0 Å². The van der Waals surface area contributed by atoms with Crippen molar-refractivity contribution in [3.63, 3.8) is 0 Å². The average Bonchev–Trinajstić information content (AvgIpc) is 1.63. The zero-order chi connectivity index (χ0) is 7.28. The molecule has 0 fully saturated rings. The van der Waals surface area contributed by atoms with Crippen LogP contribution >= 0.6 is 0 Å². The van der Waals surface area contributed by atoms with Crippen LogP contribution in [0.2, 0.25) is 0 Å². The first-order valence-corrected chi connectivity index (χ1v) is 1.97. The van der Waals surface area contributed by atoms with E-state index >= 15 is 0 Å². The van der Waals surface area contributed by atoms with Crippen LogP contribution < -0.4 is 5.48 Å². The van der Waals surface area contributed by atoms with Gasteiger partial charge in [0, 0.05) is 0 Å². The molecule has 0 saturated carbocycles. The smallest absolute Gasteiger partial charge is 0.480 e. The second-order valence-corrected chi connectivity index (χ2v) is 1.08. The Morgan fingerprint density at radius 2 is 2.00 bits per heavy atom. The number of carboxylic acid groups (broad SMARTS) is 2. The second-order valence-electron chi connectivity index (χ2n) is 1.08. The van der Waals surface area contributed by atoms with Crippen molar-refractivity contribution < 1.29 is 24.6 Å². The van der Waals surface area contributed by atoms with Crippen LogP contribution in [0.25, 0.3) is 0 Å². The summed E-state index contributed by atoms with van der Waals surface area (Å²) in [4.78, 5) is 22.8. The summed E-state index contributed by atoms with van der Waals surface area (Å²) < 4.78 is 0. The summed E-state index contributed by atoms with van der Waals surface area (Å²) in [6, 6.07) is 0.